The number of carbonyl (C=O) groups excluding carboxylic acids is 1. The van der Waals surface area contributed by atoms with Gasteiger partial charge in [-0.1, -0.05) is 51.7 Å². The van der Waals surface area contributed by atoms with Gasteiger partial charge >= 0.3 is 0 Å². The Hall–Kier alpha value is -1.51. The number of nitrogens with zero attached hydrogens (tertiary/aromatic N) is 1. The first kappa shape index (κ1) is 14.9. The molecule has 1 aliphatic rings. The Labute approximate surface area is 122 Å². The van der Waals surface area contributed by atoms with Crippen molar-refractivity contribution in [3.63, 3.8) is 0 Å². The number of unbranched alkanes of at least 4 members (excludes halogenated alkanes) is 4. The standard InChI is InChI=1S/C17H26N2O/c1-3-5-6-7-10-13-19-16-12-9-8-11-15(16)18-14(4-2)17(19)20/h8-9,11-12,14,18H,3-7,10,13H2,1-2H3. The largest absolute Gasteiger partial charge is 0.372 e. The van der Waals surface area contributed by atoms with Gasteiger partial charge in [-0.05, 0) is 25.0 Å². The third-order valence-corrected chi connectivity index (χ3v) is 3.98. The average molecular weight is 274 g/mol. The molecule has 1 aromatic carbocycles. The number of para-hydroxylation sites is 2. The highest BCUT2D eigenvalue weighted by Gasteiger charge is 2.30. The molecule has 1 aromatic rings. The summed E-state index contributed by atoms with van der Waals surface area (Å²) in [6, 6.07) is 8.06. The van der Waals surface area contributed by atoms with E-state index in [1.54, 1.807) is 0 Å². The third-order valence-electron chi connectivity index (χ3n) is 3.98. The zero-order valence-electron chi connectivity index (χ0n) is 12.7. The second-order valence-electron chi connectivity index (χ2n) is 5.53. The second-order valence-corrected chi connectivity index (χ2v) is 5.53. The zero-order chi connectivity index (χ0) is 14.4. The topological polar surface area (TPSA) is 32.3 Å². The van der Waals surface area contributed by atoms with Gasteiger partial charge < -0.3 is 10.2 Å². The van der Waals surface area contributed by atoms with E-state index in [2.05, 4.69) is 25.2 Å². The van der Waals surface area contributed by atoms with Gasteiger partial charge in [-0.3, -0.25) is 4.79 Å². The Morgan fingerprint density at radius 3 is 2.60 bits per heavy atom. The van der Waals surface area contributed by atoms with Crippen LogP contribution in [-0.2, 0) is 4.79 Å². The number of amides is 1. The minimum Gasteiger partial charge on any atom is -0.372 e. The van der Waals surface area contributed by atoms with Gasteiger partial charge in [0.15, 0.2) is 0 Å². The van der Waals surface area contributed by atoms with Crippen LogP contribution in [0.2, 0.25) is 0 Å². The molecule has 20 heavy (non-hydrogen) atoms. The molecule has 2 rings (SSSR count). The van der Waals surface area contributed by atoms with Gasteiger partial charge in [0.05, 0.1) is 11.4 Å². The Kier molecular flexibility index (Phi) is 5.45. The fourth-order valence-corrected chi connectivity index (χ4v) is 2.77. The summed E-state index contributed by atoms with van der Waals surface area (Å²) in [5.74, 6) is 0.224. The third kappa shape index (κ3) is 3.33. The molecule has 1 unspecified atom stereocenters. The summed E-state index contributed by atoms with van der Waals surface area (Å²) >= 11 is 0. The summed E-state index contributed by atoms with van der Waals surface area (Å²) in [4.78, 5) is 14.5. The average Bonchev–Trinajstić information content (AvgIpc) is 2.48. The molecule has 0 saturated carbocycles. The zero-order valence-corrected chi connectivity index (χ0v) is 12.7. The lowest BCUT2D eigenvalue weighted by Gasteiger charge is -2.35. The van der Waals surface area contributed by atoms with Crippen LogP contribution in [0.1, 0.15) is 52.4 Å². The molecule has 1 aliphatic heterocycles. The molecule has 0 spiro atoms. The van der Waals surface area contributed by atoms with Crippen LogP contribution in [0.3, 0.4) is 0 Å². The van der Waals surface area contributed by atoms with E-state index >= 15 is 0 Å². The molecule has 0 aliphatic carbocycles. The number of anilines is 2. The van der Waals surface area contributed by atoms with E-state index in [9.17, 15) is 4.79 Å². The Morgan fingerprint density at radius 2 is 1.85 bits per heavy atom. The van der Waals surface area contributed by atoms with Crippen LogP contribution in [0.25, 0.3) is 0 Å². The highest BCUT2D eigenvalue weighted by molar-refractivity contribution is 6.04. The number of rotatable bonds is 7. The Balaban J connectivity index is 2.03. The lowest BCUT2D eigenvalue weighted by atomic mass is 10.1. The van der Waals surface area contributed by atoms with E-state index in [0.717, 1.165) is 30.8 Å². The summed E-state index contributed by atoms with van der Waals surface area (Å²) in [5.41, 5.74) is 2.13. The van der Waals surface area contributed by atoms with Crippen LogP contribution in [0.5, 0.6) is 0 Å². The number of hydrogen-bond donors (Lipinski definition) is 1. The van der Waals surface area contributed by atoms with Crippen LogP contribution in [0, 0.1) is 0 Å². The van der Waals surface area contributed by atoms with E-state index in [1.807, 2.05) is 23.1 Å². The maximum atomic E-state index is 12.5. The first-order chi connectivity index (χ1) is 9.77. The maximum Gasteiger partial charge on any atom is 0.249 e. The quantitative estimate of drug-likeness (QED) is 0.756. The fourth-order valence-electron chi connectivity index (χ4n) is 2.77. The molecule has 1 atom stereocenters. The van der Waals surface area contributed by atoms with Gasteiger partial charge in [0, 0.05) is 6.54 Å². The van der Waals surface area contributed by atoms with Crippen LogP contribution in [0.4, 0.5) is 11.4 Å². The molecule has 3 nitrogen and oxygen atoms in total. The summed E-state index contributed by atoms with van der Waals surface area (Å²) in [6.45, 7) is 5.13. The Bertz CT molecular complexity index is 444. The molecule has 0 fully saturated rings. The normalized spacial score (nSPS) is 17.8. The molecule has 0 aromatic heterocycles. The van der Waals surface area contributed by atoms with Crippen LogP contribution in [-0.4, -0.2) is 18.5 Å². The molecule has 110 valence electrons. The first-order valence-corrected chi connectivity index (χ1v) is 7.94. The first-order valence-electron chi connectivity index (χ1n) is 7.94. The lowest BCUT2D eigenvalue weighted by Crippen LogP contribution is -2.47. The van der Waals surface area contributed by atoms with E-state index in [1.165, 1.54) is 25.7 Å². The monoisotopic (exact) mass is 274 g/mol. The number of carbonyl (C=O) groups is 1. The van der Waals surface area contributed by atoms with Crippen molar-refractivity contribution in [1.82, 2.24) is 0 Å². The minimum absolute atomic E-state index is 0.0689. The molecule has 1 N–H and O–H groups in total. The van der Waals surface area contributed by atoms with Crippen molar-refractivity contribution >= 4 is 17.3 Å². The SMILES string of the molecule is CCCCCCCN1C(=O)C(CC)Nc2ccccc21. The van der Waals surface area contributed by atoms with Crippen molar-refractivity contribution in [3.05, 3.63) is 24.3 Å². The van der Waals surface area contributed by atoms with Crippen LogP contribution in [0.15, 0.2) is 24.3 Å². The van der Waals surface area contributed by atoms with E-state index in [-0.39, 0.29) is 11.9 Å². The maximum absolute atomic E-state index is 12.5. The number of hydrogen-bond acceptors (Lipinski definition) is 2. The molecule has 0 bridgehead atoms. The van der Waals surface area contributed by atoms with Gasteiger partial charge in [0.1, 0.15) is 6.04 Å². The number of benzene rings is 1. The molecular weight excluding hydrogens is 248 g/mol. The van der Waals surface area contributed by atoms with Crippen molar-refractivity contribution < 1.29 is 4.79 Å². The molecule has 1 heterocycles. The van der Waals surface area contributed by atoms with E-state index < -0.39 is 0 Å². The van der Waals surface area contributed by atoms with Crippen LogP contribution < -0.4 is 10.2 Å². The van der Waals surface area contributed by atoms with Crippen molar-refractivity contribution in [2.24, 2.45) is 0 Å². The molecule has 0 radical (unpaired) electrons. The van der Waals surface area contributed by atoms with Gasteiger partial charge in [-0.25, -0.2) is 0 Å². The lowest BCUT2D eigenvalue weighted by molar-refractivity contribution is -0.119. The summed E-state index contributed by atoms with van der Waals surface area (Å²) < 4.78 is 0. The van der Waals surface area contributed by atoms with Gasteiger partial charge in [0.25, 0.3) is 0 Å². The number of nitrogens with one attached hydrogen (secondary N) is 1. The fraction of sp³-hybridized carbons (Fsp3) is 0.588. The van der Waals surface area contributed by atoms with E-state index in [4.69, 9.17) is 0 Å². The van der Waals surface area contributed by atoms with Gasteiger partial charge in [-0.2, -0.15) is 0 Å². The molecule has 3 heteroatoms. The molecular formula is C17H26N2O. The highest BCUT2D eigenvalue weighted by Crippen LogP contribution is 2.32. The van der Waals surface area contributed by atoms with Crippen molar-refractivity contribution in [2.75, 3.05) is 16.8 Å². The van der Waals surface area contributed by atoms with E-state index in [0.29, 0.717) is 0 Å². The van der Waals surface area contributed by atoms with Crippen molar-refractivity contribution in [3.8, 4) is 0 Å². The Morgan fingerprint density at radius 1 is 1.10 bits per heavy atom. The summed E-state index contributed by atoms with van der Waals surface area (Å²) in [6.07, 6.45) is 6.96. The van der Waals surface area contributed by atoms with Gasteiger partial charge in [0.2, 0.25) is 5.91 Å². The van der Waals surface area contributed by atoms with Crippen LogP contribution >= 0.6 is 0 Å². The van der Waals surface area contributed by atoms with Gasteiger partial charge in [-0.15, -0.1) is 0 Å². The molecule has 0 saturated heterocycles. The highest BCUT2D eigenvalue weighted by atomic mass is 16.2. The van der Waals surface area contributed by atoms with Crippen molar-refractivity contribution in [1.29, 1.82) is 0 Å². The predicted octanol–water partition coefficient (Wildman–Crippen LogP) is 4.19. The summed E-state index contributed by atoms with van der Waals surface area (Å²) in [5, 5.41) is 3.35. The number of fused-ring (bicyclic) bond motifs is 1. The predicted molar refractivity (Wildman–Crippen MR) is 85.3 cm³/mol. The minimum atomic E-state index is -0.0689. The summed E-state index contributed by atoms with van der Waals surface area (Å²) in [7, 11) is 0. The second kappa shape index (κ2) is 7.32. The van der Waals surface area contributed by atoms with Crippen molar-refractivity contribution in [2.45, 2.75) is 58.4 Å². The molecule has 1 amide bonds. The smallest absolute Gasteiger partial charge is 0.249 e.